The zero-order chi connectivity index (χ0) is 28.8. The molecule has 5 rings (SSSR count). The molecule has 12 heteroatoms. The number of nitrogens with zero attached hydrogens (tertiary/aromatic N) is 5. The molecule has 0 saturated carbocycles. The summed E-state index contributed by atoms with van der Waals surface area (Å²) in [6, 6.07) is 12.0. The van der Waals surface area contributed by atoms with Crippen LogP contribution in [0.4, 0.5) is 5.13 Å². The lowest BCUT2D eigenvalue weighted by Crippen LogP contribution is -2.48. The van der Waals surface area contributed by atoms with Crippen LogP contribution in [0.25, 0.3) is 0 Å². The van der Waals surface area contributed by atoms with E-state index in [2.05, 4.69) is 31.6 Å². The minimum Gasteiger partial charge on any atom is -0.493 e. The monoisotopic (exact) mass is 600 g/mol. The van der Waals surface area contributed by atoms with Crippen molar-refractivity contribution in [3.05, 3.63) is 58.4 Å². The molecule has 41 heavy (non-hydrogen) atoms. The predicted octanol–water partition coefficient (Wildman–Crippen LogP) is 4.25. The molecule has 3 heterocycles. The summed E-state index contributed by atoms with van der Waals surface area (Å²) in [6.07, 6.45) is 2.38. The fraction of sp³-hybridized carbons (Fsp3) is 0.483. The Balaban J connectivity index is 1.09. The number of aromatic nitrogens is 2. The number of hydrogen-bond donors (Lipinski definition) is 1. The van der Waals surface area contributed by atoms with E-state index in [0.29, 0.717) is 48.5 Å². The fourth-order valence-electron chi connectivity index (χ4n) is 5.45. The van der Waals surface area contributed by atoms with Gasteiger partial charge in [0.05, 0.1) is 27.9 Å². The summed E-state index contributed by atoms with van der Waals surface area (Å²) in [5, 5.41) is 5.14. The second-order valence-electron chi connectivity index (χ2n) is 10.3. The summed E-state index contributed by atoms with van der Waals surface area (Å²) in [7, 11) is 4.64. The van der Waals surface area contributed by atoms with Gasteiger partial charge in [0.1, 0.15) is 0 Å². The van der Waals surface area contributed by atoms with Crippen molar-refractivity contribution in [2.75, 3.05) is 65.9 Å². The topological polar surface area (TPSA) is 92.3 Å². The van der Waals surface area contributed by atoms with Crippen molar-refractivity contribution in [2.45, 2.75) is 32.0 Å². The number of methoxy groups -OCH3 is 3. The average Bonchev–Trinajstić information content (AvgIpc) is 3.65. The van der Waals surface area contributed by atoms with Crippen molar-refractivity contribution in [3.8, 4) is 17.2 Å². The van der Waals surface area contributed by atoms with E-state index < -0.39 is 0 Å². The molecule has 0 unspecified atom stereocenters. The number of nitrogens with one attached hydrogen (secondary N) is 1. The van der Waals surface area contributed by atoms with Gasteiger partial charge in [-0.25, -0.2) is 4.98 Å². The molecule has 1 amide bonds. The van der Waals surface area contributed by atoms with E-state index in [4.69, 9.17) is 30.8 Å². The van der Waals surface area contributed by atoms with Crippen LogP contribution in [0.1, 0.15) is 34.6 Å². The maximum atomic E-state index is 13.2. The van der Waals surface area contributed by atoms with E-state index in [0.717, 1.165) is 48.7 Å². The van der Waals surface area contributed by atoms with Crippen molar-refractivity contribution < 1.29 is 19.0 Å². The Morgan fingerprint density at radius 3 is 2.37 bits per heavy atom. The normalized spacial score (nSPS) is 18.0. The van der Waals surface area contributed by atoms with Crippen LogP contribution in [0, 0.1) is 0 Å². The van der Waals surface area contributed by atoms with Crippen LogP contribution in [0.2, 0.25) is 5.02 Å². The van der Waals surface area contributed by atoms with Gasteiger partial charge in [-0.2, -0.15) is 4.37 Å². The first kappa shape index (κ1) is 29.4. The molecular weight excluding hydrogens is 564 g/mol. The Hall–Kier alpha value is -3.12. The first-order valence-corrected chi connectivity index (χ1v) is 15.0. The molecule has 1 aromatic heterocycles. The standard InChI is InChI=1S/C29H37ClN6O4S/c1-38-24-15-21(16-25(39-2)27(24)40-3)28(37)35-13-11-34(12-14-35)19-26-32-29(41-33-26)31-17-23-5-4-10-36(23)18-20-6-8-22(30)9-7-20/h6-9,15-16,23H,4-5,10-14,17-19H2,1-3H3,(H,31,32,33)/t23-/m0/s1. The van der Waals surface area contributed by atoms with E-state index in [1.54, 1.807) is 33.5 Å². The third-order valence-corrected chi connectivity index (χ3v) is 8.65. The van der Waals surface area contributed by atoms with Crippen molar-refractivity contribution in [1.82, 2.24) is 24.1 Å². The summed E-state index contributed by atoms with van der Waals surface area (Å²) >= 11 is 7.45. The minimum absolute atomic E-state index is 0.0563. The van der Waals surface area contributed by atoms with Crippen LogP contribution in [0.3, 0.4) is 0 Å². The maximum absolute atomic E-state index is 13.2. The molecule has 0 radical (unpaired) electrons. The highest BCUT2D eigenvalue weighted by Crippen LogP contribution is 2.38. The summed E-state index contributed by atoms with van der Waals surface area (Å²) in [4.78, 5) is 24.7. The summed E-state index contributed by atoms with van der Waals surface area (Å²) in [5.41, 5.74) is 1.79. The number of carbonyl (C=O) groups excluding carboxylic acids is 1. The number of carbonyl (C=O) groups is 1. The number of likely N-dealkylation sites (tertiary alicyclic amines) is 1. The summed E-state index contributed by atoms with van der Waals surface area (Å²) < 4.78 is 20.8. The molecule has 0 bridgehead atoms. The van der Waals surface area contributed by atoms with Gasteiger partial charge in [0.15, 0.2) is 17.3 Å². The number of piperazine rings is 1. The van der Waals surface area contributed by atoms with Gasteiger partial charge in [-0.05, 0) is 49.2 Å². The van der Waals surface area contributed by atoms with Crippen LogP contribution in [-0.4, -0.2) is 96.6 Å². The van der Waals surface area contributed by atoms with Gasteiger partial charge in [0.25, 0.3) is 5.91 Å². The van der Waals surface area contributed by atoms with E-state index in [9.17, 15) is 4.79 Å². The van der Waals surface area contributed by atoms with Gasteiger partial charge in [-0.1, -0.05) is 23.7 Å². The number of rotatable bonds is 11. The quantitative estimate of drug-likeness (QED) is 0.347. The second kappa shape index (κ2) is 13.7. The number of halogens is 1. The zero-order valence-electron chi connectivity index (χ0n) is 23.8. The molecule has 0 spiro atoms. The molecule has 3 aromatic rings. The van der Waals surface area contributed by atoms with Gasteiger partial charge in [0, 0.05) is 67.4 Å². The predicted molar refractivity (Wildman–Crippen MR) is 161 cm³/mol. The van der Waals surface area contributed by atoms with E-state index in [1.807, 2.05) is 17.0 Å². The molecule has 220 valence electrons. The molecular formula is C29H37ClN6O4S. The van der Waals surface area contributed by atoms with E-state index >= 15 is 0 Å². The van der Waals surface area contributed by atoms with Crippen molar-refractivity contribution in [3.63, 3.8) is 0 Å². The Kier molecular flexibility index (Phi) is 9.81. The smallest absolute Gasteiger partial charge is 0.254 e. The second-order valence-corrected chi connectivity index (χ2v) is 11.5. The first-order valence-electron chi connectivity index (χ1n) is 13.8. The van der Waals surface area contributed by atoms with Gasteiger partial charge < -0.3 is 24.4 Å². The Morgan fingerprint density at radius 1 is 1.00 bits per heavy atom. The number of anilines is 1. The van der Waals surface area contributed by atoms with Gasteiger partial charge in [-0.15, -0.1) is 0 Å². The minimum atomic E-state index is -0.0563. The molecule has 2 saturated heterocycles. The van der Waals surface area contributed by atoms with Gasteiger partial charge in [0.2, 0.25) is 10.9 Å². The molecule has 2 aliphatic heterocycles. The molecule has 1 atom stereocenters. The Morgan fingerprint density at radius 2 is 1.71 bits per heavy atom. The lowest BCUT2D eigenvalue weighted by atomic mass is 10.1. The van der Waals surface area contributed by atoms with E-state index in [1.165, 1.54) is 29.9 Å². The highest BCUT2D eigenvalue weighted by atomic mass is 35.5. The van der Waals surface area contributed by atoms with Gasteiger partial charge in [-0.3, -0.25) is 14.6 Å². The molecule has 2 fully saturated rings. The fourth-order valence-corrected chi connectivity index (χ4v) is 6.16. The molecule has 10 nitrogen and oxygen atoms in total. The third-order valence-electron chi connectivity index (χ3n) is 7.69. The number of benzene rings is 2. The molecule has 2 aromatic carbocycles. The first-order chi connectivity index (χ1) is 20.0. The summed E-state index contributed by atoms with van der Waals surface area (Å²) in [5.74, 6) is 2.16. The number of amides is 1. The third kappa shape index (κ3) is 7.21. The number of ether oxygens (including phenoxy) is 3. The average molecular weight is 601 g/mol. The Bertz CT molecular complexity index is 1290. The van der Waals surface area contributed by atoms with Crippen molar-refractivity contribution in [2.24, 2.45) is 0 Å². The zero-order valence-corrected chi connectivity index (χ0v) is 25.3. The van der Waals surface area contributed by atoms with Crippen LogP contribution >= 0.6 is 23.1 Å². The van der Waals surface area contributed by atoms with E-state index in [-0.39, 0.29) is 5.91 Å². The lowest BCUT2D eigenvalue weighted by Gasteiger charge is -2.34. The molecule has 0 aliphatic carbocycles. The Labute approximate surface area is 250 Å². The largest absolute Gasteiger partial charge is 0.493 e. The maximum Gasteiger partial charge on any atom is 0.254 e. The van der Waals surface area contributed by atoms with Crippen LogP contribution in [-0.2, 0) is 13.1 Å². The highest BCUT2D eigenvalue weighted by Gasteiger charge is 2.27. The summed E-state index contributed by atoms with van der Waals surface area (Å²) in [6.45, 7) is 6.29. The molecule has 2 aliphatic rings. The highest BCUT2D eigenvalue weighted by molar-refractivity contribution is 7.09. The van der Waals surface area contributed by atoms with Crippen LogP contribution in [0.15, 0.2) is 36.4 Å². The molecule has 1 N–H and O–H groups in total. The van der Waals surface area contributed by atoms with Crippen LogP contribution in [0.5, 0.6) is 17.2 Å². The number of hydrogen-bond acceptors (Lipinski definition) is 10. The van der Waals surface area contributed by atoms with Gasteiger partial charge >= 0.3 is 0 Å². The van der Waals surface area contributed by atoms with Crippen LogP contribution < -0.4 is 19.5 Å². The SMILES string of the molecule is COc1cc(C(=O)N2CCN(Cc3nsc(NC[C@@H]4CCCN4Cc4ccc(Cl)cc4)n3)CC2)cc(OC)c1OC. The van der Waals surface area contributed by atoms with Crippen molar-refractivity contribution >= 4 is 34.2 Å². The van der Waals surface area contributed by atoms with Crippen molar-refractivity contribution in [1.29, 1.82) is 0 Å². The lowest BCUT2D eigenvalue weighted by molar-refractivity contribution is 0.0625.